The van der Waals surface area contributed by atoms with Gasteiger partial charge in [-0.25, -0.2) is 4.39 Å². The van der Waals surface area contributed by atoms with Crippen molar-refractivity contribution in [2.45, 2.75) is 0 Å². The van der Waals surface area contributed by atoms with Crippen molar-refractivity contribution >= 4 is 34.1 Å². The van der Waals surface area contributed by atoms with Crippen LogP contribution in [0.3, 0.4) is 0 Å². The minimum Gasteiger partial charge on any atom is -0.366 e. The number of piperazine rings is 1. The molecule has 0 aliphatic carbocycles. The van der Waals surface area contributed by atoms with E-state index in [-0.39, 0.29) is 11.7 Å². The smallest absolute Gasteiger partial charge is 0.270 e. The van der Waals surface area contributed by atoms with Crippen molar-refractivity contribution in [3.8, 4) is 0 Å². The van der Waals surface area contributed by atoms with E-state index in [0.29, 0.717) is 42.6 Å². The van der Waals surface area contributed by atoms with Crippen LogP contribution in [0, 0.1) is 5.82 Å². The number of fused-ring (bicyclic) bond motifs is 1. The number of amides is 1. The summed E-state index contributed by atoms with van der Waals surface area (Å²) in [5.74, 6) is -0.247. The number of halogens is 2. The van der Waals surface area contributed by atoms with Gasteiger partial charge in [-0.05, 0) is 30.3 Å². The fourth-order valence-corrected chi connectivity index (χ4v) is 3.77. The van der Waals surface area contributed by atoms with Gasteiger partial charge in [0, 0.05) is 49.2 Å². The Morgan fingerprint density at radius 2 is 1.77 bits per heavy atom. The van der Waals surface area contributed by atoms with E-state index in [1.54, 1.807) is 12.1 Å². The van der Waals surface area contributed by atoms with E-state index in [9.17, 15) is 9.18 Å². The van der Waals surface area contributed by atoms with Crippen LogP contribution >= 0.6 is 11.6 Å². The van der Waals surface area contributed by atoms with Gasteiger partial charge in [-0.2, -0.15) is 0 Å². The zero-order chi connectivity index (χ0) is 18.3. The van der Waals surface area contributed by atoms with Gasteiger partial charge in [-0.1, -0.05) is 29.8 Å². The van der Waals surface area contributed by atoms with Gasteiger partial charge in [0.1, 0.15) is 11.5 Å². The Morgan fingerprint density at radius 3 is 2.46 bits per heavy atom. The van der Waals surface area contributed by atoms with Gasteiger partial charge in [-0.3, -0.25) is 4.79 Å². The first-order chi connectivity index (χ1) is 12.6. The van der Waals surface area contributed by atoms with Crippen LogP contribution in [-0.2, 0) is 7.05 Å². The number of anilines is 1. The van der Waals surface area contributed by atoms with E-state index < -0.39 is 0 Å². The molecule has 1 fully saturated rings. The molecule has 0 bridgehead atoms. The van der Waals surface area contributed by atoms with Crippen molar-refractivity contribution in [3.63, 3.8) is 0 Å². The minimum absolute atomic E-state index is 0.0204. The van der Waals surface area contributed by atoms with Gasteiger partial charge in [0.2, 0.25) is 0 Å². The van der Waals surface area contributed by atoms with Crippen LogP contribution in [0.25, 0.3) is 10.9 Å². The summed E-state index contributed by atoms with van der Waals surface area (Å²) in [5.41, 5.74) is 2.15. The maximum absolute atomic E-state index is 14.0. The molecule has 3 aromatic rings. The first-order valence-corrected chi connectivity index (χ1v) is 8.97. The van der Waals surface area contributed by atoms with Gasteiger partial charge in [0.05, 0.1) is 5.69 Å². The molecule has 1 amide bonds. The first-order valence-electron chi connectivity index (χ1n) is 8.59. The highest BCUT2D eigenvalue weighted by Gasteiger charge is 2.25. The van der Waals surface area contributed by atoms with E-state index in [2.05, 4.69) is 0 Å². The van der Waals surface area contributed by atoms with E-state index in [0.717, 1.165) is 10.9 Å². The molecule has 1 aromatic heterocycles. The highest BCUT2D eigenvalue weighted by Crippen LogP contribution is 2.27. The second-order valence-corrected chi connectivity index (χ2v) is 6.90. The summed E-state index contributed by atoms with van der Waals surface area (Å²) in [5, 5.41) is 1.52. The average molecular weight is 372 g/mol. The Kier molecular flexibility index (Phi) is 4.32. The molecule has 2 aromatic carbocycles. The molecule has 6 heteroatoms. The normalized spacial score (nSPS) is 14.9. The molecule has 0 radical (unpaired) electrons. The summed E-state index contributed by atoms with van der Waals surface area (Å²) >= 11 is 6.25. The minimum atomic E-state index is -0.226. The molecule has 1 aliphatic rings. The van der Waals surface area contributed by atoms with Gasteiger partial charge < -0.3 is 14.4 Å². The number of aromatic nitrogens is 1. The van der Waals surface area contributed by atoms with Crippen molar-refractivity contribution in [2.24, 2.45) is 7.05 Å². The number of benzene rings is 2. The topological polar surface area (TPSA) is 28.5 Å². The van der Waals surface area contributed by atoms with Crippen LogP contribution in [0.5, 0.6) is 0 Å². The van der Waals surface area contributed by atoms with E-state index in [4.69, 9.17) is 11.6 Å². The monoisotopic (exact) mass is 371 g/mol. The molecule has 0 N–H and O–H groups in total. The molecule has 0 saturated carbocycles. The van der Waals surface area contributed by atoms with Gasteiger partial charge in [0.25, 0.3) is 5.91 Å². The molecule has 26 heavy (non-hydrogen) atoms. The van der Waals surface area contributed by atoms with E-state index in [1.807, 2.05) is 51.7 Å². The second kappa shape index (κ2) is 6.65. The summed E-state index contributed by atoms with van der Waals surface area (Å²) in [6.07, 6.45) is 0. The molecule has 1 aliphatic heterocycles. The van der Waals surface area contributed by atoms with E-state index in [1.165, 1.54) is 6.07 Å². The summed E-state index contributed by atoms with van der Waals surface area (Å²) in [6, 6.07) is 14.3. The van der Waals surface area contributed by atoms with Crippen molar-refractivity contribution in [2.75, 3.05) is 31.1 Å². The maximum atomic E-state index is 14.0. The standard InChI is InChI=1S/C20H19ClFN3O/c1-23-17-8-4-5-15(21)14(17)13-19(23)20(26)25-11-9-24(10-12-25)18-7-3-2-6-16(18)22/h2-8,13H,9-12H2,1H3. The molecular weight excluding hydrogens is 353 g/mol. The largest absolute Gasteiger partial charge is 0.366 e. The Balaban J connectivity index is 1.53. The Bertz CT molecular complexity index is 976. The number of carbonyl (C=O) groups excluding carboxylic acids is 1. The van der Waals surface area contributed by atoms with Crippen LogP contribution in [0.15, 0.2) is 48.5 Å². The lowest BCUT2D eigenvalue weighted by molar-refractivity contribution is 0.0737. The third-order valence-electron chi connectivity index (χ3n) is 5.01. The molecule has 4 nitrogen and oxygen atoms in total. The number of carbonyl (C=O) groups is 1. The van der Waals surface area contributed by atoms with Gasteiger partial charge in [-0.15, -0.1) is 0 Å². The molecular formula is C20H19ClFN3O. The lowest BCUT2D eigenvalue weighted by atomic mass is 10.2. The molecule has 0 unspecified atom stereocenters. The number of rotatable bonds is 2. The molecule has 134 valence electrons. The number of para-hydroxylation sites is 1. The quantitative estimate of drug-likeness (QED) is 0.682. The van der Waals surface area contributed by atoms with Crippen LogP contribution in [-0.4, -0.2) is 41.6 Å². The summed E-state index contributed by atoms with van der Waals surface area (Å²) < 4.78 is 15.8. The van der Waals surface area contributed by atoms with Crippen molar-refractivity contribution in [3.05, 3.63) is 65.1 Å². The van der Waals surface area contributed by atoms with Crippen LogP contribution in [0.1, 0.15) is 10.5 Å². The molecule has 0 spiro atoms. The van der Waals surface area contributed by atoms with Crippen molar-refractivity contribution in [1.29, 1.82) is 0 Å². The SMILES string of the molecule is Cn1c(C(=O)N2CCN(c3ccccc3F)CC2)cc2c(Cl)cccc21. The van der Waals surface area contributed by atoms with Gasteiger partial charge >= 0.3 is 0 Å². The lowest BCUT2D eigenvalue weighted by Crippen LogP contribution is -2.49. The third kappa shape index (κ3) is 2.82. The van der Waals surface area contributed by atoms with Crippen LogP contribution in [0.2, 0.25) is 5.02 Å². The lowest BCUT2D eigenvalue weighted by Gasteiger charge is -2.36. The summed E-state index contributed by atoms with van der Waals surface area (Å²) in [7, 11) is 1.88. The molecule has 1 saturated heterocycles. The summed E-state index contributed by atoms with van der Waals surface area (Å²) in [6.45, 7) is 2.33. The first kappa shape index (κ1) is 16.9. The molecule has 2 heterocycles. The average Bonchev–Trinajstić information content (AvgIpc) is 3.00. The molecule has 4 rings (SSSR count). The highest BCUT2D eigenvalue weighted by atomic mass is 35.5. The second-order valence-electron chi connectivity index (χ2n) is 6.49. The predicted molar refractivity (Wildman–Crippen MR) is 102 cm³/mol. The Hall–Kier alpha value is -2.53. The van der Waals surface area contributed by atoms with Gasteiger partial charge in [0.15, 0.2) is 0 Å². The number of nitrogens with zero attached hydrogens (tertiary/aromatic N) is 3. The van der Waals surface area contributed by atoms with Crippen LogP contribution in [0.4, 0.5) is 10.1 Å². The zero-order valence-corrected chi connectivity index (χ0v) is 15.2. The van der Waals surface area contributed by atoms with Crippen molar-refractivity contribution < 1.29 is 9.18 Å². The number of hydrogen-bond donors (Lipinski definition) is 0. The number of aryl methyl sites for hydroxylation is 1. The Labute approximate surface area is 156 Å². The zero-order valence-electron chi connectivity index (χ0n) is 14.5. The fourth-order valence-electron chi connectivity index (χ4n) is 3.55. The fraction of sp³-hybridized carbons (Fsp3) is 0.250. The van der Waals surface area contributed by atoms with Crippen molar-refractivity contribution in [1.82, 2.24) is 9.47 Å². The Morgan fingerprint density at radius 1 is 1.04 bits per heavy atom. The highest BCUT2D eigenvalue weighted by molar-refractivity contribution is 6.35. The van der Waals surface area contributed by atoms with Crippen LogP contribution < -0.4 is 4.90 Å². The number of hydrogen-bond acceptors (Lipinski definition) is 2. The maximum Gasteiger partial charge on any atom is 0.270 e. The van der Waals surface area contributed by atoms with E-state index >= 15 is 0 Å². The third-order valence-corrected chi connectivity index (χ3v) is 5.34. The molecule has 0 atom stereocenters. The predicted octanol–water partition coefficient (Wildman–Crippen LogP) is 3.93. The summed E-state index contributed by atoms with van der Waals surface area (Å²) in [4.78, 5) is 16.8.